The highest BCUT2D eigenvalue weighted by atomic mass is 32.1. The summed E-state index contributed by atoms with van der Waals surface area (Å²) in [5.74, 6) is 0. The molecule has 0 saturated heterocycles. The normalized spacial score (nSPS) is 10.1. The molecule has 0 atom stereocenters. The first-order valence-electron chi connectivity index (χ1n) is 4.72. The van der Waals surface area contributed by atoms with Crippen LogP contribution >= 0.6 is 23.6 Å². The lowest BCUT2D eigenvalue weighted by Crippen LogP contribution is -2.17. The summed E-state index contributed by atoms with van der Waals surface area (Å²) >= 11 is 6.61. The molecule has 0 bridgehead atoms. The molecule has 16 heavy (non-hydrogen) atoms. The van der Waals surface area contributed by atoms with Gasteiger partial charge in [-0.15, -0.1) is 11.3 Å². The Kier molecular flexibility index (Phi) is 3.17. The molecule has 0 spiro atoms. The van der Waals surface area contributed by atoms with Gasteiger partial charge in [0.1, 0.15) is 4.99 Å². The van der Waals surface area contributed by atoms with Gasteiger partial charge in [0.25, 0.3) is 0 Å². The van der Waals surface area contributed by atoms with Crippen LogP contribution in [0.3, 0.4) is 0 Å². The molecule has 2 aromatic rings. The molecule has 82 valence electrons. The zero-order chi connectivity index (χ0) is 11.5. The second kappa shape index (κ2) is 4.59. The van der Waals surface area contributed by atoms with Crippen molar-refractivity contribution in [3.8, 4) is 0 Å². The van der Waals surface area contributed by atoms with Crippen molar-refractivity contribution in [3.63, 3.8) is 0 Å². The molecule has 0 amide bonds. The molecular formula is C11H11N3S2. The Morgan fingerprint density at radius 1 is 1.44 bits per heavy atom. The maximum absolute atomic E-state index is 5.69. The largest absolute Gasteiger partial charge is 0.389 e. The first kappa shape index (κ1) is 11.0. The molecule has 0 saturated carbocycles. The number of anilines is 2. The molecule has 0 aliphatic carbocycles. The van der Waals surface area contributed by atoms with E-state index in [0.717, 1.165) is 16.4 Å². The van der Waals surface area contributed by atoms with E-state index in [1.807, 2.05) is 41.6 Å². The highest BCUT2D eigenvalue weighted by Gasteiger charge is 2.11. The minimum Gasteiger partial charge on any atom is -0.389 e. The van der Waals surface area contributed by atoms with E-state index in [2.05, 4.69) is 4.98 Å². The summed E-state index contributed by atoms with van der Waals surface area (Å²) in [6.07, 6.45) is 1.78. The molecule has 2 N–H and O–H groups in total. The lowest BCUT2D eigenvalue weighted by molar-refractivity contribution is 1.17. The maximum atomic E-state index is 5.69. The lowest BCUT2D eigenvalue weighted by Gasteiger charge is -2.18. The molecule has 0 fully saturated rings. The van der Waals surface area contributed by atoms with Gasteiger partial charge in [-0.05, 0) is 12.1 Å². The monoisotopic (exact) mass is 249 g/mol. The van der Waals surface area contributed by atoms with Gasteiger partial charge in [0.05, 0.1) is 5.69 Å². The minimum atomic E-state index is 0.402. The quantitative estimate of drug-likeness (QED) is 0.849. The topological polar surface area (TPSA) is 42.2 Å². The molecule has 1 heterocycles. The van der Waals surface area contributed by atoms with E-state index >= 15 is 0 Å². The Morgan fingerprint density at radius 3 is 2.81 bits per heavy atom. The fourth-order valence-electron chi connectivity index (χ4n) is 1.46. The van der Waals surface area contributed by atoms with Crippen LogP contribution in [0.25, 0.3) is 0 Å². The Bertz CT molecular complexity index is 494. The number of thiazole rings is 1. The third-order valence-electron chi connectivity index (χ3n) is 2.24. The van der Waals surface area contributed by atoms with Crippen molar-refractivity contribution in [2.24, 2.45) is 5.73 Å². The van der Waals surface area contributed by atoms with Crippen LogP contribution in [0.15, 0.2) is 35.8 Å². The second-order valence-electron chi connectivity index (χ2n) is 3.26. The fraction of sp³-hybridized carbons (Fsp3) is 0.0909. The van der Waals surface area contributed by atoms with E-state index in [1.54, 1.807) is 17.5 Å². The molecule has 2 rings (SSSR count). The molecule has 1 aromatic carbocycles. The molecule has 0 radical (unpaired) electrons. The molecule has 3 nitrogen and oxygen atoms in total. The van der Waals surface area contributed by atoms with Crippen LogP contribution in [0.5, 0.6) is 0 Å². The van der Waals surface area contributed by atoms with Crippen LogP contribution in [-0.2, 0) is 0 Å². The van der Waals surface area contributed by atoms with Crippen LogP contribution < -0.4 is 10.6 Å². The summed E-state index contributed by atoms with van der Waals surface area (Å²) in [6, 6.07) is 7.78. The highest BCUT2D eigenvalue weighted by molar-refractivity contribution is 7.80. The van der Waals surface area contributed by atoms with Gasteiger partial charge in [0.15, 0.2) is 5.13 Å². The van der Waals surface area contributed by atoms with Gasteiger partial charge >= 0.3 is 0 Å². The van der Waals surface area contributed by atoms with Gasteiger partial charge in [0.2, 0.25) is 0 Å². The maximum Gasteiger partial charge on any atom is 0.189 e. The Hall–Kier alpha value is -1.46. The van der Waals surface area contributed by atoms with Gasteiger partial charge in [-0.25, -0.2) is 4.98 Å². The van der Waals surface area contributed by atoms with Gasteiger partial charge in [0, 0.05) is 24.2 Å². The van der Waals surface area contributed by atoms with Crippen molar-refractivity contribution in [1.82, 2.24) is 4.98 Å². The number of benzene rings is 1. The summed E-state index contributed by atoms with van der Waals surface area (Å²) in [5.41, 5.74) is 7.54. The average Bonchev–Trinajstić information content (AvgIpc) is 2.81. The summed E-state index contributed by atoms with van der Waals surface area (Å²) in [5, 5.41) is 2.86. The molecule has 0 aliphatic rings. The number of hydrogen-bond donors (Lipinski definition) is 1. The lowest BCUT2D eigenvalue weighted by atomic mass is 10.1. The van der Waals surface area contributed by atoms with Crippen LogP contribution in [-0.4, -0.2) is 17.0 Å². The van der Waals surface area contributed by atoms with Gasteiger partial charge in [-0.2, -0.15) is 0 Å². The van der Waals surface area contributed by atoms with E-state index < -0.39 is 0 Å². The standard InChI is InChI=1S/C11H11N3S2/c1-14(11-13-6-7-16-11)9-5-3-2-4-8(9)10(12)15/h2-7H,1H3,(H2,12,15). The van der Waals surface area contributed by atoms with Crippen molar-refractivity contribution < 1.29 is 0 Å². The van der Waals surface area contributed by atoms with Crippen molar-refractivity contribution in [1.29, 1.82) is 0 Å². The fourth-order valence-corrected chi connectivity index (χ4v) is 2.25. The van der Waals surface area contributed by atoms with Gasteiger partial charge < -0.3 is 10.6 Å². The van der Waals surface area contributed by atoms with E-state index in [1.165, 1.54) is 0 Å². The van der Waals surface area contributed by atoms with Crippen LogP contribution in [0.2, 0.25) is 0 Å². The number of hydrogen-bond acceptors (Lipinski definition) is 4. The minimum absolute atomic E-state index is 0.402. The first-order valence-corrected chi connectivity index (χ1v) is 6.01. The van der Waals surface area contributed by atoms with E-state index in [0.29, 0.717) is 4.99 Å². The highest BCUT2D eigenvalue weighted by Crippen LogP contribution is 2.28. The summed E-state index contributed by atoms with van der Waals surface area (Å²) in [7, 11) is 1.95. The predicted molar refractivity (Wildman–Crippen MR) is 72.5 cm³/mol. The van der Waals surface area contributed by atoms with Crippen molar-refractivity contribution in [3.05, 3.63) is 41.4 Å². The van der Waals surface area contributed by atoms with Gasteiger partial charge in [-0.1, -0.05) is 24.4 Å². The third-order valence-corrected chi connectivity index (χ3v) is 3.30. The number of thiocarbonyl (C=S) groups is 1. The summed E-state index contributed by atoms with van der Waals surface area (Å²) < 4.78 is 0. The SMILES string of the molecule is CN(c1nccs1)c1ccccc1C(N)=S. The predicted octanol–water partition coefficient (Wildman–Crippen LogP) is 2.55. The number of rotatable bonds is 3. The zero-order valence-corrected chi connectivity index (χ0v) is 10.4. The molecule has 5 heteroatoms. The number of aromatic nitrogens is 1. The van der Waals surface area contributed by atoms with Gasteiger partial charge in [-0.3, -0.25) is 0 Å². The van der Waals surface area contributed by atoms with E-state index in [-0.39, 0.29) is 0 Å². The first-order chi connectivity index (χ1) is 7.70. The van der Waals surface area contributed by atoms with Crippen LogP contribution in [0, 0.1) is 0 Å². The Labute approximate surface area is 104 Å². The molecular weight excluding hydrogens is 238 g/mol. The Morgan fingerprint density at radius 2 is 2.19 bits per heavy atom. The second-order valence-corrected chi connectivity index (χ2v) is 4.57. The van der Waals surface area contributed by atoms with E-state index in [4.69, 9.17) is 18.0 Å². The van der Waals surface area contributed by atoms with Crippen molar-refractivity contribution >= 4 is 39.4 Å². The Balaban J connectivity index is 2.44. The molecule has 0 unspecified atom stereocenters. The van der Waals surface area contributed by atoms with Crippen molar-refractivity contribution in [2.45, 2.75) is 0 Å². The zero-order valence-electron chi connectivity index (χ0n) is 8.75. The van der Waals surface area contributed by atoms with Crippen molar-refractivity contribution in [2.75, 3.05) is 11.9 Å². The average molecular weight is 249 g/mol. The number of para-hydroxylation sites is 1. The summed E-state index contributed by atoms with van der Waals surface area (Å²) in [4.78, 5) is 6.64. The third kappa shape index (κ3) is 2.05. The van der Waals surface area contributed by atoms with Crippen LogP contribution in [0.1, 0.15) is 5.56 Å². The molecule has 1 aromatic heterocycles. The number of nitrogens with two attached hydrogens (primary N) is 1. The molecule has 0 aliphatic heterocycles. The van der Waals surface area contributed by atoms with Crippen LogP contribution in [0.4, 0.5) is 10.8 Å². The van der Waals surface area contributed by atoms with E-state index in [9.17, 15) is 0 Å². The summed E-state index contributed by atoms with van der Waals surface area (Å²) in [6.45, 7) is 0. The smallest absolute Gasteiger partial charge is 0.189 e. The number of nitrogens with zero attached hydrogens (tertiary/aromatic N) is 2.